The van der Waals surface area contributed by atoms with Crippen LogP contribution < -0.4 is 0 Å². The first-order valence-electron chi connectivity index (χ1n) is 5.54. The molecule has 15 heavy (non-hydrogen) atoms. The summed E-state index contributed by atoms with van der Waals surface area (Å²) in [6, 6.07) is 9.44. The maximum absolute atomic E-state index is 12.0. The number of hydrogen-bond acceptors (Lipinski definition) is 2. The average Bonchev–Trinajstić information content (AvgIpc) is 2.30. The van der Waals surface area contributed by atoms with Crippen LogP contribution in [-0.4, -0.2) is 17.0 Å². The lowest BCUT2D eigenvalue weighted by atomic mass is 9.82. The Morgan fingerprint density at radius 1 is 1.07 bits per heavy atom. The Kier molecular flexibility index (Phi) is 3.17. The standard InChI is InChI=1S/C13H16O2/c14-12-8-6-11(7-9-12)13(15)10-4-2-1-3-5-10/h1-5,11-12,14H,6-9H2. The minimum absolute atomic E-state index is 0.121. The van der Waals surface area contributed by atoms with Gasteiger partial charge in [0.15, 0.2) is 5.78 Å². The van der Waals surface area contributed by atoms with Crippen molar-refractivity contribution in [2.24, 2.45) is 5.92 Å². The predicted octanol–water partition coefficient (Wildman–Crippen LogP) is 2.42. The number of benzene rings is 1. The first-order valence-corrected chi connectivity index (χ1v) is 5.54. The van der Waals surface area contributed by atoms with Crippen LogP contribution in [0.25, 0.3) is 0 Å². The second-order valence-corrected chi connectivity index (χ2v) is 4.24. The first-order chi connectivity index (χ1) is 7.27. The Morgan fingerprint density at radius 2 is 1.67 bits per heavy atom. The van der Waals surface area contributed by atoms with Gasteiger partial charge in [-0.15, -0.1) is 0 Å². The van der Waals surface area contributed by atoms with E-state index in [4.69, 9.17) is 0 Å². The third-order valence-electron chi connectivity index (χ3n) is 3.13. The summed E-state index contributed by atoms with van der Waals surface area (Å²) in [7, 11) is 0. The zero-order valence-corrected chi connectivity index (χ0v) is 8.73. The summed E-state index contributed by atoms with van der Waals surface area (Å²) in [5, 5.41) is 9.37. The fraction of sp³-hybridized carbons (Fsp3) is 0.462. The first kappa shape index (κ1) is 10.4. The number of carbonyl (C=O) groups excluding carboxylic acids is 1. The molecule has 0 heterocycles. The summed E-state index contributed by atoms with van der Waals surface area (Å²) in [4.78, 5) is 12.0. The Balaban J connectivity index is 2.03. The molecule has 1 fully saturated rings. The van der Waals surface area contributed by atoms with Gasteiger partial charge in [-0.05, 0) is 25.7 Å². The van der Waals surface area contributed by atoms with E-state index in [1.54, 1.807) is 0 Å². The van der Waals surface area contributed by atoms with Crippen molar-refractivity contribution in [3.05, 3.63) is 35.9 Å². The lowest BCUT2D eigenvalue weighted by Crippen LogP contribution is -2.24. The summed E-state index contributed by atoms with van der Waals surface area (Å²) in [5.74, 6) is 0.360. The van der Waals surface area contributed by atoms with Crippen molar-refractivity contribution in [1.29, 1.82) is 0 Å². The van der Waals surface area contributed by atoms with E-state index in [-0.39, 0.29) is 17.8 Å². The predicted molar refractivity (Wildman–Crippen MR) is 58.7 cm³/mol. The van der Waals surface area contributed by atoms with E-state index in [0.29, 0.717) is 0 Å². The Labute approximate surface area is 89.9 Å². The van der Waals surface area contributed by atoms with Gasteiger partial charge < -0.3 is 5.11 Å². The summed E-state index contributed by atoms with van der Waals surface area (Å²) in [5.41, 5.74) is 0.805. The molecule has 80 valence electrons. The molecule has 0 spiro atoms. The molecule has 0 atom stereocenters. The van der Waals surface area contributed by atoms with Crippen LogP contribution in [0.15, 0.2) is 30.3 Å². The van der Waals surface area contributed by atoms with E-state index in [1.807, 2.05) is 30.3 Å². The molecule has 2 heteroatoms. The smallest absolute Gasteiger partial charge is 0.165 e. The molecule has 0 aromatic heterocycles. The van der Waals surface area contributed by atoms with Crippen molar-refractivity contribution in [1.82, 2.24) is 0 Å². The van der Waals surface area contributed by atoms with Gasteiger partial charge in [-0.25, -0.2) is 0 Å². The van der Waals surface area contributed by atoms with Crippen molar-refractivity contribution >= 4 is 5.78 Å². The molecule has 2 rings (SSSR count). The lowest BCUT2D eigenvalue weighted by molar-refractivity contribution is 0.0764. The van der Waals surface area contributed by atoms with Crippen LogP contribution in [-0.2, 0) is 0 Å². The number of ketones is 1. The Morgan fingerprint density at radius 3 is 2.27 bits per heavy atom. The molecule has 0 unspecified atom stereocenters. The second kappa shape index (κ2) is 4.58. The Bertz CT molecular complexity index is 324. The molecule has 0 aliphatic heterocycles. The van der Waals surface area contributed by atoms with Crippen LogP contribution >= 0.6 is 0 Å². The lowest BCUT2D eigenvalue weighted by Gasteiger charge is -2.24. The second-order valence-electron chi connectivity index (χ2n) is 4.24. The van der Waals surface area contributed by atoms with Gasteiger partial charge >= 0.3 is 0 Å². The van der Waals surface area contributed by atoms with Gasteiger partial charge in [0.2, 0.25) is 0 Å². The molecular weight excluding hydrogens is 188 g/mol. The highest BCUT2D eigenvalue weighted by Gasteiger charge is 2.25. The number of hydrogen-bond donors (Lipinski definition) is 1. The highest BCUT2D eigenvalue weighted by Crippen LogP contribution is 2.27. The molecule has 1 aromatic rings. The molecule has 0 saturated heterocycles. The van der Waals surface area contributed by atoms with Gasteiger partial charge in [0.05, 0.1) is 6.10 Å². The zero-order valence-electron chi connectivity index (χ0n) is 8.73. The van der Waals surface area contributed by atoms with Gasteiger partial charge in [-0.2, -0.15) is 0 Å². The van der Waals surface area contributed by atoms with Crippen LogP contribution in [0.2, 0.25) is 0 Å². The quantitative estimate of drug-likeness (QED) is 0.751. The number of Topliss-reactive ketones (excluding diaryl/α,β-unsaturated/α-hetero) is 1. The van der Waals surface area contributed by atoms with Crippen LogP contribution in [0.4, 0.5) is 0 Å². The van der Waals surface area contributed by atoms with E-state index in [1.165, 1.54) is 0 Å². The van der Waals surface area contributed by atoms with Crippen LogP contribution in [0.1, 0.15) is 36.0 Å². The largest absolute Gasteiger partial charge is 0.393 e. The number of rotatable bonds is 2. The minimum Gasteiger partial charge on any atom is -0.393 e. The van der Waals surface area contributed by atoms with E-state index in [2.05, 4.69) is 0 Å². The summed E-state index contributed by atoms with van der Waals surface area (Å²) >= 11 is 0. The molecule has 1 N–H and O–H groups in total. The zero-order chi connectivity index (χ0) is 10.7. The Hall–Kier alpha value is -1.15. The van der Waals surface area contributed by atoms with Crippen molar-refractivity contribution in [3.8, 4) is 0 Å². The van der Waals surface area contributed by atoms with Crippen molar-refractivity contribution in [3.63, 3.8) is 0 Å². The van der Waals surface area contributed by atoms with Gasteiger partial charge in [-0.3, -0.25) is 4.79 Å². The van der Waals surface area contributed by atoms with Gasteiger partial charge in [-0.1, -0.05) is 30.3 Å². The van der Waals surface area contributed by atoms with Crippen LogP contribution in [0.3, 0.4) is 0 Å². The third kappa shape index (κ3) is 2.45. The normalized spacial score (nSPS) is 26.2. The van der Waals surface area contributed by atoms with Crippen molar-refractivity contribution in [2.45, 2.75) is 31.8 Å². The maximum Gasteiger partial charge on any atom is 0.165 e. The number of aliphatic hydroxyl groups excluding tert-OH is 1. The monoisotopic (exact) mass is 204 g/mol. The van der Waals surface area contributed by atoms with E-state index >= 15 is 0 Å². The average molecular weight is 204 g/mol. The van der Waals surface area contributed by atoms with Crippen LogP contribution in [0.5, 0.6) is 0 Å². The molecule has 1 aromatic carbocycles. The molecule has 0 bridgehead atoms. The highest BCUT2D eigenvalue weighted by atomic mass is 16.3. The minimum atomic E-state index is -0.190. The van der Waals surface area contributed by atoms with E-state index in [0.717, 1.165) is 31.2 Å². The van der Waals surface area contributed by atoms with Gasteiger partial charge in [0, 0.05) is 11.5 Å². The highest BCUT2D eigenvalue weighted by molar-refractivity contribution is 5.97. The molecule has 1 aliphatic rings. The summed E-state index contributed by atoms with van der Waals surface area (Å²) < 4.78 is 0. The van der Waals surface area contributed by atoms with Gasteiger partial charge in [0.25, 0.3) is 0 Å². The van der Waals surface area contributed by atoms with E-state index in [9.17, 15) is 9.90 Å². The number of aliphatic hydroxyl groups is 1. The number of carbonyl (C=O) groups is 1. The van der Waals surface area contributed by atoms with Crippen molar-refractivity contribution in [2.75, 3.05) is 0 Å². The summed E-state index contributed by atoms with van der Waals surface area (Å²) in [6.45, 7) is 0. The van der Waals surface area contributed by atoms with Crippen LogP contribution in [0, 0.1) is 5.92 Å². The molecule has 1 saturated carbocycles. The van der Waals surface area contributed by atoms with Crippen molar-refractivity contribution < 1.29 is 9.90 Å². The third-order valence-corrected chi connectivity index (χ3v) is 3.13. The molecule has 2 nitrogen and oxygen atoms in total. The maximum atomic E-state index is 12.0. The molecule has 0 radical (unpaired) electrons. The van der Waals surface area contributed by atoms with E-state index < -0.39 is 0 Å². The molecule has 1 aliphatic carbocycles. The summed E-state index contributed by atoms with van der Waals surface area (Å²) in [6.07, 6.45) is 3.00. The topological polar surface area (TPSA) is 37.3 Å². The molecule has 0 amide bonds. The molecular formula is C13H16O2. The van der Waals surface area contributed by atoms with Gasteiger partial charge in [0.1, 0.15) is 0 Å². The fourth-order valence-electron chi connectivity index (χ4n) is 2.18. The fourth-order valence-corrected chi connectivity index (χ4v) is 2.18. The SMILES string of the molecule is O=C(c1ccccc1)C1CCC(O)CC1.